The number of nitrogens with two attached hydrogens (primary N) is 2. The minimum atomic E-state index is -0.735. The summed E-state index contributed by atoms with van der Waals surface area (Å²) < 4.78 is 5.45. The van der Waals surface area contributed by atoms with E-state index in [4.69, 9.17) is 27.8 Å². The van der Waals surface area contributed by atoms with E-state index in [1.54, 1.807) is 32.9 Å². The van der Waals surface area contributed by atoms with Crippen LogP contribution in [0, 0.1) is 11.3 Å². The van der Waals surface area contributed by atoms with Gasteiger partial charge in [0.1, 0.15) is 11.6 Å². The van der Waals surface area contributed by atoms with Crippen LogP contribution in [0.4, 0.5) is 4.79 Å². The number of alkyl carbamates (subject to hydrolysis) is 1. The van der Waals surface area contributed by atoms with Crippen LogP contribution in [-0.2, 0) is 16.0 Å². The molecule has 1 aromatic carbocycles. The van der Waals surface area contributed by atoms with E-state index in [0.717, 1.165) is 18.4 Å². The van der Waals surface area contributed by atoms with Gasteiger partial charge in [0.2, 0.25) is 5.91 Å². The third-order valence-electron chi connectivity index (χ3n) is 7.46. The number of piperidine rings is 1. The number of nitrogens with zero attached hydrogens (tertiary/aromatic N) is 2. The average molecular weight is 520 g/mol. The first-order chi connectivity index (χ1) is 17.0. The molecule has 0 radical (unpaired) electrons. The van der Waals surface area contributed by atoms with Crippen molar-refractivity contribution in [1.29, 1.82) is 0 Å². The second-order valence-corrected chi connectivity index (χ2v) is 11.7. The van der Waals surface area contributed by atoms with Crippen molar-refractivity contribution < 1.29 is 14.3 Å². The van der Waals surface area contributed by atoms with Crippen molar-refractivity contribution in [2.24, 2.45) is 27.8 Å². The van der Waals surface area contributed by atoms with Crippen molar-refractivity contribution in [3.05, 3.63) is 34.9 Å². The second kappa shape index (κ2) is 12.2. The minimum Gasteiger partial charge on any atom is -0.444 e. The predicted octanol–water partition coefficient (Wildman–Crippen LogP) is 4.24. The van der Waals surface area contributed by atoms with E-state index in [0.29, 0.717) is 37.0 Å². The molecule has 8 nitrogen and oxygen atoms in total. The number of benzene rings is 1. The molecule has 3 rings (SSSR count). The van der Waals surface area contributed by atoms with Crippen molar-refractivity contribution in [3.63, 3.8) is 0 Å². The molecule has 1 aliphatic heterocycles. The van der Waals surface area contributed by atoms with Gasteiger partial charge in [-0.15, -0.1) is 0 Å². The van der Waals surface area contributed by atoms with Gasteiger partial charge in [0, 0.05) is 31.1 Å². The lowest BCUT2D eigenvalue weighted by atomic mass is 9.63. The third-order valence-corrected chi connectivity index (χ3v) is 7.71. The van der Waals surface area contributed by atoms with Crippen LogP contribution in [0.5, 0.6) is 0 Å². The highest BCUT2D eigenvalue weighted by Crippen LogP contribution is 2.46. The number of nitrogens with one attached hydrogen (secondary N) is 1. The lowest BCUT2D eigenvalue weighted by Crippen LogP contribution is -2.55. The standard InChI is InChI=1S/C27H42ClN5O3/c1-26(2,3)36-25(35)32-22(17-19-9-11-21(28)12-10-19)23(34)33-15-13-27(14-16-33,18-31-24(29)30)20-7-5-4-6-8-20/h9-12,20,22H,4-8,13-18H2,1-3H3,(H,32,35)(H4,29,30,31)/t22-/m1/s1. The summed E-state index contributed by atoms with van der Waals surface area (Å²) in [5, 5.41) is 3.44. The molecule has 1 saturated carbocycles. The van der Waals surface area contributed by atoms with Crippen LogP contribution in [0.15, 0.2) is 29.3 Å². The molecule has 0 bridgehead atoms. The maximum atomic E-state index is 13.7. The summed E-state index contributed by atoms with van der Waals surface area (Å²) in [5.74, 6) is 0.583. The van der Waals surface area contributed by atoms with Gasteiger partial charge >= 0.3 is 6.09 Å². The van der Waals surface area contributed by atoms with Crippen LogP contribution in [0.3, 0.4) is 0 Å². The lowest BCUT2D eigenvalue weighted by molar-refractivity contribution is -0.136. The maximum Gasteiger partial charge on any atom is 0.408 e. The van der Waals surface area contributed by atoms with Crippen molar-refractivity contribution in [1.82, 2.24) is 10.2 Å². The number of amides is 2. The van der Waals surface area contributed by atoms with Gasteiger partial charge in [0.15, 0.2) is 5.96 Å². The summed E-state index contributed by atoms with van der Waals surface area (Å²) in [5.41, 5.74) is 11.6. The van der Waals surface area contributed by atoms with Crippen molar-refractivity contribution >= 4 is 29.6 Å². The second-order valence-electron chi connectivity index (χ2n) is 11.3. The quantitative estimate of drug-likeness (QED) is 0.367. The summed E-state index contributed by atoms with van der Waals surface area (Å²) in [6.45, 7) is 7.23. The van der Waals surface area contributed by atoms with E-state index < -0.39 is 17.7 Å². The van der Waals surface area contributed by atoms with Crippen LogP contribution in [0.2, 0.25) is 5.02 Å². The molecule has 0 unspecified atom stereocenters. The van der Waals surface area contributed by atoms with Crippen molar-refractivity contribution in [2.45, 2.75) is 83.8 Å². The number of ether oxygens (including phenoxy) is 1. The third kappa shape index (κ3) is 8.02. The molecular weight excluding hydrogens is 478 g/mol. The number of guanidine groups is 1. The first kappa shape index (κ1) is 28.1. The Bertz CT molecular complexity index is 910. The molecule has 9 heteroatoms. The summed E-state index contributed by atoms with van der Waals surface area (Å²) in [4.78, 5) is 32.6. The fourth-order valence-corrected chi connectivity index (χ4v) is 5.68. The Labute approximate surface area is 220 Å². The number of hydrogen-bond donors (Lipinski definition) is 3. The van der Waals surface area contributed by atoms with E-state index in [2.05, 4.69) is 10.3 Å². The number of hydrogen-bond acceptors (Lipinski definition) is 4. The number of halogens is 1. The average Bonchev–Trinajstić information content (AvgIpc) is 2.83. The van der Waals surface area contributed by atoms with Gasteiger partial charge in [-0.3, -0.25) is 9.79 Å². The van der Waals surface area contributed by atoms with Gasteiger partial charge < -0.3 is 26.4 Å². The fraction of sp³-hybridized carbons (Fsp3) is 0.667. The minimum absolute atomic E-state index is 0.00542. The molecule has 0 aromatic heterocycles. The van der Waals surface area contributed by atoms with E-state index in [1.807, 2.05) is 17.0 Å². The Morgan fingerprint density at radius 2 is 1.75 bits per heavy atom. The molecular formula is C27H42ClN5O3. The molecule has 1 aliphatic carbocycles. The van der Waals surface area contributed by atoms with Gasteiger partial charge in [0.25, 0.3) is 0 Å². The summed E-state index contributed by atoms with van der Waals surface area (Å²) in [7, 11) is 0. The molecule has 1 aromatic rings. The molecule has 1 atom stereocenters. The van der Waals surface area contributed by atoms with Crippen LogP contribution in [0.1, 0.15) is 71.3 Å². The summed E-state index contributed by atoms with van der Waals surface area (Å²) in [6, 6.07) is 6.59. The van der Waals surface area contributed by atoms with Gasteiger partial charge in [-0.1, -0.05) is 43.0 Å². The number of likely N-dealkylation sites (tertiary alicyclic amines) is 1. The molecule has 2 amide bonds. The van der Waals surface area contributed by atoms with Crippen molar-refractivity contribution in [2.75, 3.05) is 19.6 Å². The SMILES string of the molecule is CC(C)(C)OC(=O)N[C@H](Cc1ccc(Cl)cc1)C(=O)N1CCC(CN=C(N)N)(C2CCCCC2)CC1. The normalized spacial score (nSPS) is 19.3. The largest absolute Gasteiger partial charge is 0.444 e. The van der Waals surface area contributed by atoms with Gasteiger partial charge in [-0.25, -0.2) is 4.79 Å². The highest BCUT2D eigenvalue weighted by atomic mass is 35.5. The van der Waals surface area contributed by atoms with Gasteiger partial charge in [-0.05, 0) is 75.5 Å². The molecule has 0 spiro atoms. The zero-order valence-corrected chi connectivity index (χ0v) is 22.7. The summed E-state index contributed by atoms with van der Waals surface area (Å²) in [6.07, 6.45) is 7.58. The Balaban J connectivity index is 1.74. The van der Waals surface area contributed by atoms with Gasteiger partial charge in [0.05, 0.1) is 0 Å². The molecule has 200 valence electrons. The van der Waals surface area contributed by atoms with Crippen LogP contribution in [0.25, 0.3) is 0 Å². The molecule has 2 fully saturated rings. The van der Waals surface area contributed by atoms with Crippen LogP contribution in [-0.4, -0.2) is 54.1 Å². The van der Waals surface area contributed by atoms with E-state index >= 15 is 0 Å². The number of carbonyl (C=O) groups is 2. The van der Waals surface area contributed by atoms with Crippen molar-refractivity contribution in [3.8, 4) is 0 Å². The number of carbonyl (C=O) groups excluding carboxylic acids is 2. The molecule has 5 N–H and O–H groups in total. The number of aliphatic imine (C=N–C) groups is 1. The van der Waals surface area contributed by atoms with Crippen LogP contribution >= 0.6 is 11.6 Å². The van der Waals surface area contributed by atoms with Crippen LogP contribution < -0.4 is 16.8 Å². The predicted molar refractivity (Wildman–Crippen MR) is 144 cm³/mol. The lowest BCUT2D eigenvalue weighted by Gasteiger charge is -2.47. The molecule has 2 aliphatic rings. The zero-order valence-electron chi connectivity index (χ0n) is 21.9. The number of rotatable bonds is 7. The smallest absolute Gasteiger partial charge is 0.408 e. The molecule has 1 saturated heterocycles. The van der Waals surface area contributed by atoms with E-state index in [1.165, 1.54) is 32.1 Å². The zero-order chi connectivity index (χ0) is 26.3. The highest BCUT2D eigenvalue weighted by molar-refractivity contribution is 6.30. The fourth-order valence-electron chi connectivity index (χ4n) is 5.56. The van der Waals surface area contributed by atoms with E-state index in [-0.39, 0.29) is 17.3 Å². The Morgan fingerprint density at radius 1 is 1.14 bits per heavy atom. The Kier molecular flexibility index (Phi) is 9.50. The Morgan fingerprint density at radius 3 is 2.31 bits per heavy atom. The molecule has 1 heterocycles. The maximum absolute atomic E-state index is 13.7. The van der Waals surface area contributed by atoms with Gasteiger partial charge in [-0.2, -0.15) is 0 Å². The highest BCUT2D eigenvalue weighted by Gasteiger charge is 2.43. The first-order valence-corrected chi connectivity index (χ1v) is 13.4. The topological polar surface area (TPSA) is 123 Å². The Hall–Kier alpha value is -2.48. The molecule has 36 heavy (non-hydrogen) atoms. The monoisotopic (exact) mass is 519 g/mol. The summed E-state index contributed by atoms with van der Waals surface area (Å²) >= 11 is 6.04. The van der Waals surface area contributed by atoms with E-state index in [9.17, 15) is 9.59 Å². The first-order valence-electron chi connectivity index (χ1n) is 13.1.